The maximum absolute atomic E-state index is 12.1. The number of hydrogen-bond acceptors (Lipinski definition) is 6. The zero-order valence-corrected chi connectivity index (χ0v) is 15.6. The lowest BCUT2D eigenvalue weighted by atomic mass is 10.2. The normalized spacial score (nSPS) is 10.3. The van der Waals surface area contributed by atoms with Crippen LogP contribution in [0.5, 0.6) is 0 Å². The molecule has 0 unspecified atom stereocenters. The monoisotopic (exact) mass is 384 g/mol. The second kappa shape index (κ2) is 8.64. The van der Waals surface area contributed by atoms with Crippen LogP contribution in [0.25, 0.3) is 11.3 Å². The van der Waals surface area contributed by atoms with Crippen LogP contribution in [0.2, 0.25) is 0 Å². The highest BCUT2D eigenvalue weighted by molar-refractivity contribution is 8.01. The molecular weight excluding hydrogens is 368 g/mol. The third-order valence-corrected chi connectivity index (χ3v) is 5.47. The Kier molecular flexibility index (Phi) is 6.04. The quantitative estimate of drug-likeness (QED) is 0.506. The average molecular weight is 384 g/mol. The first-order valence-corrected chi connectivity index (χ1v) is 9.64. The van der Waals surface area contributed by atoms with E-state index in [9.17, 15) is 9.59 Å². The van der Waals surface area contributed by atoms with Crippen LogP contribution in [0.1, 0.15) is 10.4 Å². The summed E-state index contributed by atoms with van der Waals surface area (Å²) in [6.07, 6.45) is 0. The van der Waals surface area contributed by atoms with E-state index >= 15 is 0 Å². The van der Waals surface area contributed by atoms with Gasteiger partial charge in [0.25, 0.3) is 0 Å². The summed E-state index contributed by atoms with van der Waals surface area (Å²) in [4.78, 5) is 28.2. The Morgan fingerprint density at radius 2 is 1.96 bits per heavy atom. The number of nitrogens with zero attached hydrogens (tertiary/aromatic N) is 1. The second-order valence-corrected chi connectivity index (χ2v) is 7.35. The van der Waals surface area contributed by atoms with Gasteiger partial charge in [0.05, 0.1) is 24.1 Å². The molecule has 0 atom stereocenters. The van der Waals surface area contributed by atoms with Gasteiger partial charge >= 0.3 is 5.97 Å². The lowest BCUT2D eigenvalue weighted by Gasteiger charge is -2.06. The summed E-state index contributed by atoms with van der Waals surface area (Å²) in [6, 6.07) is 16.6. The number of rotatable bonds is 6. The molecule has 1 heterocycles. The molecule has 2 aromatic carbocycles. The van der Waals surface area contributed by atoms with Gasteiger partial charge in [0.2, 0.25) is 5.91 Å². The minimum atomic E-state index is -0.438. The summed E-state index contributed by atoms with van der Waals surface area (Å²) in [5.41, 5.74) is 2.91. The highest BCUT2D eigenvalue weighted by Crippen LogP contribution is 2.28. The summed E-state index contributed by atoms with van der Waals surface area (Å²) in [5, 5.41) is 4.76. The van der Waals surface area contributed by atoms with E-state index in [1.54, 1.807) is 24.3 Å². The number of carbonyl (C=O) groups excluding carboxylic acids is 2. The summed E-state index contributed by atoms with van der Waals surface area (Å²) in [7, 11) is 1.32. The van der Waals surface area contributed by atoms with E-state index in [2.05, 4.69) is 15.0 Å². The molecule has 26 heavy (non-hydrogen) atoms. The summed E-state index contributed by atoms with van der Waals surface area (Å²) >= 11 is 2.89. The van der Waals surface area contributed by atoms with Crippen molar-refractivity contribution in [2.75, 3.05) is 18.2 Å². The van der Waals surface area contributed by atoms with Crippen molar-refractivity contribution in [2.24, 2.45) is 0 Å². The first-order chi connectivity index (χ1) is 12.7. The number of thioether (sulfide) groups is 1. The molecule has 1 N–H and O–H groups in total. The van der Waals surface area contributed by atoms with Gasteiger partial charge in [-0.05, 0) is 18.2 Å². The van der Waals surface area contributed by atoms with E-state index in [1.165, 1.54) is 30.2 Å². The van der Waals surface area contributed by atoms with Crippen molar-refractivity contribution in [3.63, 3.8) is 0 Å². The number of amides is 1. The minimum absolute atomic E-state index is 0.159. The van der Waals surface area contributed by atoms with Crippen LogP contribution >= 0.6 is 23.1 Å². The van der Waals surface area contributed by atoms with Crippen LogP contribution in [0.4, 0.5) is 5.69 Å². The molecule has 0 fully saturated rings. The zero-order chi connectivity index (χ0) is 18.4. The number of benzene rings is 2. The zero-order valence-electron chi connectivity index (χ0n) is 14.0. The Morgan fingerprint density at radius 1 is 1.15 bits per heavy atom. The SMILES string of the molecule is COC(=O)c1cccc(NC(=O)CSc2nc(-c3ccccc3)cs2)c1. The van der Waals surface area contributed by atoms with Crippen molar-refractivity contribution in [3.05, 3.63) is 65.5 Å². The molecule has 0 bridgehead atoms. The van der Waals surface area contributed by atoms with Crippen molar-refractivity contribution in [1.82, 2.24) is 4.98 Å². The van der Waals surface area contributed by atoms with E-state index in [-0.39, 0.29) is 11.7 Å². The average Bonchev–Trinajstić information content (AvgIpc) is 3.16. The Labute approximate surface area is 159 Å². The lowest BCUT2D eigenvalue weighted by Crippen LogP contribution is -2.14. The van der Waals surface area contributed by atoms with Crippen molar-refractivity contribution < 1.29 is 14.3 Å². The van der Waals surface area contributed by atoms with Crippen LogP contribution in [-0.2, 0) is 9.53 Å². The molecule has 3 aromatic rings. The topological polar surface area (TPSA) is 68.3 Å². The lowest BCUT2D eigenvalue weighted by molar-refractivity contribution is -0.113. The molecule has 0 aliphatic heterocycles. The molecule has 1 aromatic heterocycles. The maximum atomic E-state index is 12.1. The van der Waals surface area contributed by atoms with Gasteiger partial charge in [-0.2, -0.15) is 0 Å². The van der Waals surface area contributed by atoms with Crippen LogP contribution < -0.4 is 5.32 Å². The number of methoxy groups -OCH3 is 1. The highest BCUT2D eigenvalue weighted by Gasteiger charge is 2.10. The molecule has 0 saturated carbocycles. The third kappa shape index (κ3) is 4.71. The van der Waals surface area contributed by atoms with Crippen molar-refractivity contribution in [3.8, 4) is 11.3 Å². The Morgan fingerprint density at radius 3 is 2.73 bits per heavy atom. The second-order valence-electron chi connectivity index (χ2n) is 5.27. The molecule has 0 spiro atoms. The smallest absolute Gasteiger partial charge is 0.337 e. The standard InChI is InChI=1S/C19H16N2O3S2/c1-24-18(23)14-8-5-9-15(10-14)20-17(22)12-26-19-21-16(11-25-19)13-6-3-2-4-7-13/h2-11H,12H2,1H3,(H,20,22). The van der Waals surface area contributed by atoms with Gasteiger partial charge in [-0.1, -0.05) is 48.2 Å². The van der Waals surface area contributed by atoms with E-state index in [4.69, 9.17) is 0 Å². The molecule has 0 radical (unpaired) electrons. The van der Waals surface area contributed by atoms with Crippen LogP contribution in [0.15, 0.2) is 64.3 Å². The predicted octanol–water partition coefficient (Wildman–Crippen LogP) is 4.33. The Bertz CT molecular complexity index is 910. The van der Waals surface area contributed by atoms with Crippen LogP contribution in [0, 0.1) is 0 Å². The first-order valence-electron chi connectivity index (χ1n) is 7.77. The fourth-order valence-corrected chi connectivity index (χ4v) is 3.87. The summed E-state index contributed by atoms with van der Waals surface area (Å²) in [5.74, 6) is -0.357. The van der Waals surface area contributed by atoms with E-state index in [0.717, 1.165) is 15.6 Å². The van der Waals surface area contributed by atoms with Crippen molar-refractivity contribution in [2.45, 2.75) is 4.34 Å². The molecule has 0 aliphatic carbocycles. The van der Waals surface area contributed by atoms with E-state index in [1.807, 2.05) is 35.7 Å². The summed E-state index contributed by atoms with van der Waals surface area (Å²) < 4.78 is 5.51. The van der Waals surface area contributed by atoms with Crippen molar-refractivity contribution in [1.29, 1.82) is 0 Å². The van der Waals surface area contributed by atoms with Crippen LogP contribution in [0.3, 0.4) is 0 Å². The van der Waals surface area contributed by atoms with Gasteiger partial charge in [0, 0.05) is 16.6 Å². The molecule has 1 amide bonds. The number of thiazole rings is 1. The molecule has 7 heteroatoms. The van der Waals surface area contributed by atoms with Crippen LogP contribution in [-0.4, -0.2) is 29.7 Å². The first kappa shape index (κ1) is 18.2. The summed E-state index contributed by atoms with van der Waals surface area (Å²) in [6.45, 7) is 0. The predicted molar refractivity (Wildman–Crippen MR) is 105 cm³/mol. The molecule has 5 nitrogen and oxygen atoms in total. The number of ether oxygens (including phenoxy) is 1. The maximum Gasteiger partial charge on any atom is 0.337 e. The number of esters is 1. The highest BCUT2D eigenvalue weighted by atomic mass is 32.2. The van der Waals surface area contributed by atoms with Gasteiger partial charge in [-0.25, -0.2) is 9.78 Å². The van der Waals surface area contributed by atoms with E-state index in [0.29, 0.717) is 11.3 Å². The fourth-order valence-electron chi connectivity index (χ4n) is 2.23. The fraction of sp³-hybridized carbons (Fsp3) is 0.105. The number of anilines is 1. The molecule has 3 rings (SSSR count). The van der Waals surface area contributed by atoms with Gasteiger partial charge in [-0.3, -0.25) is 4.79 Å². The Balaban J connectivity index is 1.56. The molecule has 132 valence electrons. The third-order valence-electron chi connectivity index (χ3n) is 3.45. The van der Waals surface area contributed by atoms with E-state index < -0.39 is 5.97 Å². The largest absolute Gasteiger partial charge is 0.465 e. The molecular formula is C19H16N2O3S2. The number of nitrogens with one attached hydrogen (secondary N) is 1. The number of carbonyl (C=O) groups is 2. The number of hydrogen-bond donors (Lipinski definition) is 1. The Hall–Kier alpha value is -2.64. The minimum Gasteiger partial charge on any atom is -0.465 e. The number of aromatic nitrogens is 1. The molecule has 0 aliphatic rings. The van der Waals surface area contributed by atoms with Gasteiger partial charge in [0.15, 0.2) is 4.34 Å². The molecule has 0 saturated heterocycles. The van der Waals surface area contributed by atoms with Crippen molar-refractivity contribution >= 4 is 40.7 Å². The van der Waals surface area contributed by atoms with Gasteiger partial charge < -0.3 is 10.1 Å². The van der Waals surface area contributed by atoms with Gasteiger partial charge in [-0.15, -0.1) is 11.3 Å². The van der Waals surface area contributed by atoms with Gasteiger partial charge in [0.1, 0.15) is 0 Å².